The Balaban J connectivity index is 1.72. The largest absolute Gasteiger partial charge is 0.496 e. The first-order valence-electron chi connectivity index (χ1n) is 10.2. The van der Waals surface area contributed by atoms with Crippen molar-refractivity contribution < 1.29 is 14.3 Å². The number of carbonyl (C=O) groups is 1. The third kappa shape index (κ3) is 3.14. The molecule has 2 aliphatic rings. The van der Waals surface area contributed by atoms with E-state index < -0.39 is 0 Å². The molecule has 0 amide bonds. The fraction of sp³-hybridized carbons (Fsp3) is 0.435. The summed E-state index contributed by atoms with van der Waals surface area (Å²) in [5, 5.41) is 0. The Morgan fingerprint density at radius 2 is 1.89 bits per heavy atom. The van der Waals surface area contributed by atoms with Gasteiger partial charge in [-0.05, 0) is 50.0 Å². The van der Waals surface area contributed by atoms with Crippen LogP contribution in [-0.2, 0) is 6.42 Å². The fourth-order valence-electron chi connectivity index (χ4n) is 4.37. The minimum Gasteiger partial charge on any atom is -0.496 e. The number of nitrogen functional groups attached to an aromatic ring is 1. The average molecular weight is 380 g/mol. The molecule has 1 saturated heterocycles. The number of anilines is 1. The van der Waals surface area contributed by atoms with Crippen LogP contribution in [0.25, 0.3) is 11.1 Å². The van der Waals surface area contributed by atoms with Crippen LogP contribution in [0, 0.1) is 0 Å². The maximum atomic E-state index is 13.2. The zero-order valence-electron chi connectivity index (χ0n) is 16.7. The molecule has 0 radical (unpaired) electrons. The first-order chi connectivity index (χ1) is 13.7. The van der Waals surface area contributed by atoms with Gasteiger partial charge in [-0.1, -0.05) is 25.5 Å². The highest BCUT2D eigenvalue weighted by atomic mass is 16.5. The summed E-state index contributed by atoms with van der Waals surface area (Å²) < 4.78 is 11.8. The Kier molecular flexibility index (Phi) is 5.27. The lowest BCUT2D eigenvalue weighted by molar-refractivity contribution is 0.104. The van der Waals surface area contributed by atoms with Crippen molar-refractivity contribution in [3.63, 3.8) is 0 Å². The molecule has 28 heavy (non-hydrogen) atoms. The SMILES string of the molecule is CCCc1cc(OC)c2c(c1N)C(=O)c1cccc(OCCN3CCCC3)c1-2. The van der Waals surface area contributed by atoms with E-state index in [4.69, 9.17) is 15.2 Å². The van der Waals surface area contributed by atoms with Crippen molar-refractivity contribution in [2.75, 3.05) is 39.1 Å². The molecular formula is C23H28N2O3. The summed E-state index contributed by atoms with van der Waals surface area (Å²) in [5.41, 5.74) is 10.8. The molecule has 148 valence electrons. The quantitative estimate of drug-likeness (QED) is 0.630. The van der Waals surface area contributed by atoms with Gasteiger partial charge in [0.05, 0.1) is 12.7 Å². The van der Waals surface area contributed by atoms with E-state index >= 15 is 0 Å². The lowest BCUT2D eigenvalue weighted by Gasteiger charge is -2.18. The van der Waals surface area contributed by atoms with Gasteiger partial charge in [0.15, 0.2) is 5.78 Å². The molecule has 0 aromatic heterocycles. The van der Waals surface area contributed by atoms with Crippen LogP contribution >= 0.6 is 0 Å². The zero-order chi connectivity index (χ0) is 19.7. The minimum absolute atomic E-state index is 0.0382. The van der Waals surface area contributed by atoms with E-state index in [-0.39, 0.29) is 5.78 Å². The number of benzene rings is 2. The van der Waals surface area contributed by atoms with Crippen molar-refractivity contribution in [2.45, 2.75) is 32.6 Å². The summed E-state index contributed by atoms with van der Waals surface area (Å²) in [7, 11) is 1.64. The summed E-state index contributed by atoms with van der Waals surface area (Å²) in [5.74, 6) is 1.38. The molecule has 1 fully saturated rings. The van der Waals surface area contributed by atoms with Crippen LogP contribution in [0.15, 0.2) is 24.3 Å². The van der Waals surface area contributed by atoms with E-state index in [9.17, 15) is 4.79 Å². The van der Waals surface area contributed by atoms with Crippen molar-refractivity contribution >= 4 is 11.5 Å². The number of rotatable bonds is 7. The topological polar surface area (TPSA) is 64.8 Å². The number of nitrogens with two attached hydrogens (primary N) is 1. The molecule has 0 unspecified atom stereocenters. The normalized spacial score (nSPS) is 15.6. The maximum absolute atomic E-state index is 13.2. The van der Waals surface area contributed by atoms with E-state index in [2.05, 4.69) is 11.8 Å². The number of ether oxygens (including phenoxy) is 2. The smallest absolute Gasteiger partial charge is 0.196 e. The lowest BCUT2D eigenvalue weighted by Crippen LogP contribution is -2.25. The van der Waals surface area contributed by atoms with Crippen molar-refractivity contribution in [3.05, 3.63) is 41.0 Å². The number of carbonyl (C=O) groups excluding carboxylic acids is 1. The van der Waals surface area contributed by atoms with Gasteiger partial charge in [-0.15, -0.1) is 0 Å². The van der Waals surface area contributed by atoms with Crippen molar-refractivity contribution in [1.29, 1.82) is 0 Å². The zero-order valence-corrected chi connectivity index (χ0v) is 16.7. The predicted molar refractivity (Wildman–Crippen MR) is 111 cm³/mol. The highest BCUT2D eigenvalue weighted by molar-refractivity contribution is 6.26. The standard InChI is InChI=1S/C23H28N2O3/c1-3-7-15-14-18(27-2)20-19-16(23(26)21(20)22(15)24)8-6-9-17(19)28-13-12-25-10-4-5-11-25/h6,8-9,14H,3-5,7,10-13,24H2,1-2H3. The Morgan fingerprint density at radius 1 is 1.11 bits per heavy atom. The van der Waals surface area contributed by atoms with Crippen LogP contribution in [-0.4, -0.2) is 44.0 Å². The van der Waals surface area contributed by atoms with E-state index in [0.29, 0.717) is 29.2 Å². The summed E-state index contributed by atoms with van der Waals surface area (Å²) in [6, 6.07) is 7.63. The van der Waals surface area contributed by atoms with Gasteiger partial charge in [0.25, 0.3) is 0 Å². The number of nitrogens with zero attached hydrogens (tertiary/aromatic N) is 1. The van der Waals surface area contributed by atoms with Crippen LogP contribution in [0.3, 0.4) is 0 Å². The molecule has 5 heteroatoms. The molecule has 1 aliphatic carbocycles. The number of methoxy groups -OCH3 is 1. The molecule has 0 saturated carbocycles. The van der Waals surface area contributed by atoms with Gasteiger partial charge in [-0.3, -0.25) is 9.69 Å². The molecule has 2 aromatic rings. The summed E-state index contributed by atoms with van der Waals surface area (Å²) in [6.07, 6.45) is 4.30. The highest BCUT2D eigenvalue weighted by Crippen LogP contribution is 2.50. The fourth-order valence-corrected chi connectivity index (χ4v) is 4.37. The number of ketones is 1. The summed E-state index contributed by atoms with van der Waals surface area (Å²) >= 11 is 0. The lowest BCUT2D eigenvalue weighted by atomic mass is 9.97. The van der Waals surface area contributed by atoms with Gasteiger partial charge in [0, 0.05) is 28.9 Å². The maximum Gasteiger partial charge on any atom is 0.196 e. The van der Waals surface area contributed by atoms with Crippen molar-refractivity contribution in [2.24, 2.45) is 0 Å². The van der Waals surface area contributed by atoms with Gasteiger partial charge >= 0.3 is 0 Å². The molecule has 0 spiro atoms. The van der Waals surface area contributed by atoms with Gasteiger partial charge < -0.3 is 15.2 Å². The van der Waals surface area contributed by atoms with E-state index in [1.54, 1.807) is 7.11 Å². The van der Waals surface area contributed by atoms with Crippen LogP contribution < -0.4 is 15.2 Å². The second-order valence-electron chi connectivity index (χ2n) is 7.56. The molecule has 4 rings (SSSR count). The molecule has 2 N–H and O–H groups in total. The van der Waals surface area contributed by atoms with Gasteiger partial charge in [0.1, 0.15) is 18.1 Å². The predicted octanol–water partition coefficient (Wildman–Crippen LogP) is 3.92. The number of aryl methyl sites for hydroxylation is 1. The Morgan fingerprint density at radius 3 is 2.61 bits per heavy atom. The second kappa shape index (κ2) is 7.84. The van der Waals surface area contributed by atoms with Gasteiger partial charge in [-0.25, -0.2) is 0 Å². The monoisotopic (exact) mass is 380 g/mol. The van der Waals surface area contributed by atoms with Gasteiger partial charge in [0.2, 0.25) is 0 Å². The van der Waals surface area contributed by atoms with Crippen LogP contribution in [0.1, 0.15) is 47.7 Å². The molecule has 0 bridgehead atoms. The van der Waals surface area contributed by atoms with E-state index in [0.717, 1.165) is 54.9 Å². The highest BCUT2D eigenvalue weighted by Gasteiger charge is 2.35. The Labute approximate surface area is 166 Å². The molecule has 1 heterocycles. The van der Waals surface area contributed by atoms with E-state index in [1.165, 1.54) is 12.8 Å². The number of hydrogen-bond acceptors (Lipinski definition) is 5. The van der Waals surface area contributed by atoms with Crippen LogP contribution in [0.4, 0.5) is 5.69 Å². The van der Waals surface area contributed by atoms with E-state index in [1.807, 2.05) is 24.3 Å². The Hall–Kier alpha value is -2.53. The number of likely N-dealkylation sites (tertiary alicyclic amines) is 1. The van der Waals surface area contributed by atoms with Crippen LogP contribution in [0.5, 0.6) is 11.5 Å². The number of hydrogen-bond donors (Lipinski definition) is 1. The average Bonchev–Trinajstić information content (AvgIpc) is 3.32. The molecule has 1 aliphatic heterocycles. The number of fused-ring (bicyclic) bond motifs is 3. The Bertz CT molecular complexity index is 901. The third-order valence-electron chi connectivity index (χ3n) is 5.77. The molecule has 2 aromatic carbocycles. The molecule has 0 atom stereocenters. The van der Waals surface area contributed by atoms with Crippen LogP contribution in [0.2, 0.25) is 0 Å². The summed E-state index contributed by atoms with van der Waals surface area (Å²) in [4.78, 5) is 15.6. The molecule has 5 nitrogen and oxygen atoms in total. The molecular weight excluding hydrogens is 352 g/mol. The summed E-state index contributed by atoms with van der Waals surface area (Å²) in [6.45, 7) is 5.89. The van der Waals surface area contributed by atoms with Crippen molar-refractivity contribution in [1.82, 2.24) is 4.90 Å². The third-order valence-corrected chi connectivity index (χ3v) is 5.77. The van der Waals surface area contributed by atoms with Crippen molar-refractivity contribution in [3.8, 4) is 22.6 Å². The first kappa shape index (κ1) is 18.8. The van der Waals surface area contributed by atoms with Gasteiger partial charge in [-0.2, -0.15) is 0 Å². The second-order valence-corrected chi connectivity index (χ2v) is 7.56. The minimum atomic E-state index is -0.0382. The first-order valence-corrected chi connectivity index (χ1v) is 10.2.